The van der Waals surface area contributed by atoms with E-state index in [-0.39, 0.29) is 18.2 Å². The molecule has 0 heterocycles. The Morgan fingerprint density at radius 1 is 0.659 bits per heavy atom. The minimum Gasteiger partial charge on any atom is -0.466 e. The molecule has 0 aromatic heterocycles. The van der Waals surface area contributed by atoms with Gasteiger partial charge in [-0.1, -0.05) is 115 Å². The lowest BCUT2D eigenvalue weighted by molar-refractivity contribution is -0.172. The molecule has 44 heavy (non-hydrogen) atoms. The highest BCUT2D eigenvalue weighted by atomic mass is 16.9. The Morgan fingerprint density at radius 2 is 1.30 bits per heavy atom. The third-order valence-electron chi connectivity index (χ3n) is 7.93. The number of rotatable bonds is 30. The van der Waals surface area contributed by atoms with Crippen molar-refractivity contribution in [2.75, 3.05) is 39.5 Å². The van der Waals surface area contributed by atoms with Gasteiger partial charge in [-0.2, -0.15) is 0 Å². The van der Waals surface area contributed by atoms with Crippen LogP contribution in [0.4, 0.5) is 4.79 Å². The summed E-state index contributed by atoms with van der Waals surface area (Å²) in [6.45, 7) is 5.48. The summed E-state index contributed by atoms with van der Waals surface area (Å²) >= 11 is 0. The summed E-state index contributed by atoms with van der Waals surface area (Å²) in [7, 11) is 0. The van der Waals surface area contributed by atoms with Crippen molar-refractivity contribution in [1.29, 1.82) is 0 Å². The second-order valence-corrected chi connectivity index (χ2v) is 12.1. The van der Waals surface area contributed by atoms with E-state index in [0.717, 1.165) is 57.9 Å². The maximum absolute atomic E-state index is 11.9. The van der Waals surface area contributed by atoms with Crippen molar-refractivity contribution in [3.05, 3.63) is 12.2 Å². The smallest absolute Gasteiger partial charge is 0.407 e. The molecule has 0 saturated carbocycles. The number of hydrogen-bond acceptors (Lipinski definition) is 8. The molecule has 0 fully saturated rings. The molecule has 9 heteroatoms. The first kappa shape index (κ1) is 40.3. The lowest BCUT2D eigenvalue weighted by atomic mass is 10.0. The standard InChI is InChI=1S/C35H67N3O6/c1-2-3-4-5-6-7-8-9-10-11-12-13-14-18-21-26-34(39)41-30-23-31-42-38-43-32-29-36-27-22-28-37-35(40)44-33-24-19-16-15-17-20-25-33/h15-16,33,36,38H,2-14,17-32H2,1H3,(H,37,40)/b16-15+. The molecule has 0 aliphatic heterocycles. The zero-order chi connectivity index (χ0) is 31.6. The van der Waals surface area contributed by atoms with Gasteiger partial charge in [-0.15, -0.1) is 0 Å². The number of nitrogens with one attached hydrogen (secondary N) is 3. The van der Waals surface area contributed by atoms with Crippen molar-refractivity contribution in [1.82, 2.24) is 16.3 Å². The molecule has 0 spiro atoms. The Bertz CT molecular complexity index is 679. The fourth-order valence-electron chi connectivity index (χ4n) is 5.24. The van der Waals surface area contributed by atoms with Crippen LogP contribution in [0.15, 0.2) is 12.2 Å². The molecule has 1 amide bonds. The van der Waals surface area contributed by atoms with Crippen LogP contribution >= 0.6 is 0 Å². The molecule has 1 unspecified atom stereocenters. The molecule has 1 rings (SSSR count). The van der Waals surface area contributed by atoms with Crippen molar-refractivity contribution in [3.8, 4) is 0 Å². The van der Waals surface area contributed by atoms with Crippen molar-refractivity contribution in [2.24, 2.45) is 0 Å². The molecule has 0 aromatic carbocycles. The molecule has 258 valence electrons. The molecule has 9 nitrogen and oxygen atoms in total. The Morgan fingerprint density at radius 3 is 2.00 bits per heavy atom. The summed E-state index contributed by atoms with van der Waals surface area (Å²) in [5.74, 6) is -0.116. The highest BCUT2D eigenvalue weighted by Crippen LogP contribution is 2.16. The number of hydrogen-bond donors (Lipinski definition) is 3. The minimum absolute atomic E-state index is 0.0218. The van der Waals surface area contributed by atoms with Crippen LogP contribution in [0, 0.1) is 0 Å². The van der Waals surface area contributed by atoms with E-state index < -0.39 is 0 Å². The van der Waals surface area contributed by atoms with Crippen molar-refractivity contribution >= 4 is 12.1 Å². The molecule has 1 atom stereocenters. The predicted octanol–water partition coefficient (Wildman–Crippen LogP) is 8.23. The SMILES string of the molecule is CCCCCCCCCCCCCCCCCC(=O)OCCCONOCCNCCCNC(=O)OC1CC/C=C/CCC1. The largest absolute Gasteiger partial charge is 0.466 e. The quantitative estimate of drug-likeness (QED) is 0.0317. The molecule has 0 aromatic rings. The Balaban J connectivity index is 1.72. The average Bonchev–Trinajstić information content (AvgIpc) is 3.00. The first-order chi connectivity index (χ1) is 21.7. The second kappa shape index (κ2) is 32.7. The first-order valence-corrected chi connectivity index (χ1v) is 18.2. The Kier molecular flexibility index (Phi) is 30.0. The number of amides is 1. The fraction of sp³-hybridized carbons (Fsp3) is 0.886. The second-order valence-electron chi connectivity index (χ2n) is 12.1. The normalized spacial score (nSPS) is 15.8. The average molecular weight is 626 g/mol. The first-order valence-electron chi connectivity index (χ1n) is 18.2. The monoisotopic (exact) mass is 626 g/mol. The molecular weight excluding hydrogens is 558 g/mol. The van der Waals surface area contributed by atoms with Crippen LogP contribution in [0.25, 0.3) is 0 Å². The number of alkyl carbamates (subject to hydrolysis) is 1. The lowest BCUT2D eigenvalue weighted by Gasteiger charge is -2.18. The summed E-state index contributed by atoms with van der Waals surface area (Å²) in [4.78, 5) is 34.2. The number of ether oxygens (including phenoxy) is 2. The van der Waals surface area contributed by atoms with Crippen LogP contribution < -0.4 is 16.3 Å². The van der Waals surface area contributed by atoms with Gasteiger partial charge in [-0.3, -0.25) is 14.5 Å². The summed E-state index contributed by atoms with van der Waals surface area (Å²) in [6, 6.07) is 0. The summed E-state index contributed by atoms with van der Waals surface area (Å²) in [6.07, 6.45) is 30.7. The van der Waals surface area contributed by atoms with Crippen LogP contribution in [-0.4, -0.2) is 57.6 Å². The zero-order valence-electron chi connectivity index (χ0n) is 28.2. The van der Waals surface area contributed by atoms with E-state index in [2.05, 4.69) is 35.4 Å². The van der Waals surface area contributed by atoms with E-state index in [1.54, 1.807) is 0 Å². The van der Waals surface area contributed by atoms with Gasteiger partial charge in [0.2, 0.25) is 0 Å². The van der Waals surface area contributed by atoms with Crippen LogP contribution in [0.2, 0.25) is 0 Å². The van der Waals surface area contributed by atoms with E-state index in [1.807, 2.05) is 0 Å². The van der Waals surface area contributed by atoms with Gasteiger partial charge >= 0.3 is 12.1 Å². The number of carbonyl (C=O) groups excluding carboxylic acids is 2. The van der Waals surface area contributed by atoms with Gasteiger partial charge in [0, 0.05) is 25.9 Å². The van der Waals surface area contributed by atoms with Gasteiger partial charge in [-0.05, 0) is 51.5 Å². The number of esters is 1. The number of unbranched alkanes of at least 4 members (excludes halogenated alkanes) is 14. The molecular formula is C35H67N3O6. The Hall–Kier alpha value is -1.68. The molecule has 0 radical (unpaired) electrons. The van der Waals surface area contributed by atoms with E-state index in [4.69, 9.17) is 19.1 Å². The van der Waals surface area contributed by atoms with Crippen LogP contribution in [0.5, 0.6) is 0 Å². The van der Waals surface area contributed by atoms with Crippen molar-refractivity contribution in [2.45, 2.75) is 161 Å². The van der Waals surface area contributed by atoms with E-state index >= 15 is 0 Å². The maximum atomic E-state index is 11.9. The van der Waals surface area contributed by atoms with Gasteiger partial charge in [-0.25, -0.2) is 4.79 Å². The molecule has 3 N–H and O–H groups in total. The predicted molar refractivity (Wildman–Crippen MR) is 178 cm³/mol. The lowest BCUT2D eigenvalue weighted by Crippen LogP contribution is -2.32. The highest BCUT2D eigenvalue weighted by molar-refractivity contribution is 5.69. The van der Waals surface area contributed by atoms with Gasteiger partial charge < -0.3 is 20.1 Å². The van der Waals surface area contributed by atoms with Crippen LogP contribution in [-0.2, 0) is 23.9 Å². The molecule has 0 bridgehead atoms. The van der Waals surface area contributed by atoms with E-state index in [0.29, 0.717) is 45.8 Å². The highest BCUT2D eigenvalue weighted by Gasteiger charge is 2.14. The third-order valence-corrected chi connectivity index (χ3v) is 7.93. The maximum Gasteiger partial charge on any atom is 0.407 e. The Labute approximate surface area is 269 Å². The summed E-state index contributed by atoms with van der Waals surface area (Å²) in [5, 5.41) is 6.08. The van der Waals surface area contributed by atoms with Crippen LogP contribution in [0.3, 0.4) is 0 Å². The van der Waals surface area contributed by atoms with E-state index in [1.165, 1.54) is 83.5 Å². The minimum atomic E-state index is -0.320. The summed E-state index contributed by atoms with van der Waals surface area (Å²) in [5.41, 5.74) is 2.46. The van der Waals surface area contributed by atoms with Crippen LogP contribution in [0.1, 0.15) is 155 Å². The van der Waals surface area contributed by atoms with Gasteiger partial charge in [0.15, 0.2) is 0 Å². The number of carbonyl (C=O) groups is 2. The topological polar surface area (TPSA) is 107 Å². The van der Waals surface area contributed by atoms with Crippen molar-refractivity contribution in [3.63, 3.8) is 0 Å². The summed E-state index contributed by atoms with van der Waals surface area (Å²) < 4.78 is 10.8. The number of allylic oxidation sites excluding steroid dienone is 2. The van der Waals surface area contributed by atoms with E-state index in [9.17, 15) is 9.59 Å². The fourth-order valence-corrected chi connectivity index (χ4v) is 5.24. The molecule has 0 saturated heterocycles. The molecule has 1 aliphatic rings. The van der Waals surface area contributed by atoms with Gasteiger partial charge in [0.25, 0.3) is 0 Å². The van der Waals surface area contributed by atoms with Crippen molar-refractivity contribution < 1.29 is 28.7 Å². The van der Waals surface area contributed by atoms with Gasteiger partial charge in [0.05, 0.1) is 19.8 Å². The molecule has 1 aliphatic carbocycles. The zero-order valence-corrected chi connectivity index (χ0v) is 28.2. The third kappa shape index (κ3) is 29.1. The van der Waals surface area contributed by atoms with Gasteiger partial charge in [0.1, 0.15) is 6.10 Å².